The van der Waals surface area contributed by atoms with Gasteiger partial charge >= 0.3 is 0 Å². The molecule has 1 N–H and O–H groups in total. The lowest BCUT2D eigenvalue weighted by atomic mass is 10.1. The SMILES string of the molecule is Cc1c(CN2CCNCC2=O)nc2ccccc2c1OCc1ccccc1. The second-order valence-corrected chi connectivity index (χ2v) is 6.80. The zero-order chi connectivity index (χ0) is 18.6. The highest BCUT2D eigenvalue weighted by Gasteiger charge is 2.21. The van der Waals surface area contributed by atoms with E-state index in [0.29, 0.717) is 26.2 Å². The van der Waals surface area contributed by atoms with Crippen molar-refractivity contribution in [2.75, 3.05) is 19.6 Å². The molecule has 1 aliphatic heterocycles. The molecule has 0 radical (unpaired) electrons. The van der Waals surface area contributed by atoms with Gasteiger partial charge in [-0.25, -0.2) is 0 Å². The first kappa shape index (κ1) is 17.5. The van der Waals surface area contributed by atoms with E-state index in [1.54, 1.807) is 0 Å². The van der Waals surface area contributed by atoms with Crippen molar-refractivity contribution < 1.29 is 9.53 Å². The minimum Gasteiger partial charge on any atom is -0.488 e. The molecule has 1 aliphatic rings. The Kier molecular flexibility index (Phi) is 5.03. The highest BCUT2D eigenvalue weighted by Crippen LogP contribution is 2.31. The van der Waals surface area contributed by atoms with Gasteiger partial charge in [0.1, 0.15) is 12.4 Å². The number of amides is 1. The van der Waals surface area contributed by atoms with Crippen molar-refractivity contribution >= 4 is 16.8 Å². The standard InChI is InChI=1S/C22H23N3O2/c1-16-20(14-25-12-11-23-13-21(25)26)24-19-10-6-5-9-18(19)22(16)27-15-17-7-3-2-4-8-17/h2-10,23H,11-15H2,1H3. The van der Waals surface area contributed by atoms with Gasteiger partial charge in [0.2, 0.25) is 5.91 Å². The molecule has 1 fully saturated rings. The molecule has 2 heterocycles. The summed E-state index contributed by atoms with van der Waals surface area (Å²) in [5.74, 6) is 0.962. The van der Waals surface area contributed by atoms with E-state index < -0.39 is 0 Å². The number of carbonyl (C=O) groups excluding carboxylic acids is 1. The predicted molar refractivity (Wildman–Crippen MR) is 106 cm³/mol. The molecule has 3 aromatic rings. The van der Waals surface area contributed by atoms with Crippen LogP contribution in [0.5, 0.6) is 5.75 Å². The van der Waals surface area contributed by atoms with Gasteiger partial charge in [0.25, 0.3) is 0 Å². The number of hydrogen-bond donors (Lipinski definition) is 1. The lowest BCUT2D eigenvalue weighted by Gasteiger charge is -2.28. The molecular formula is C22H23N3O2. The highest BCUT2D eigenvalue weighted by atomic mass is 16.5. The quantitative estimate of drug-likeness (QED) is 0.759. The van der Waals surface area contributed by atoms with Crippen LogP contribution in [0, 0.1) is 6.92 Å². The molecule has 27 heavy (non-hydrogen) atoms. The number of ether oxygens (including phenoxy) is 1. The third-order valence-corrected chi connectivity index (χ3v) is 4.93. The lowest BCUT2D eigenvalue weighted by molar-refractivity contribution is -0.132. The molecule has 0 unspecified atom stereocenters. The Bertz CT molecular complexity index is 956. The molecule has 1 saturated heterocycles. The van der Waals surface area contributed by atoms with Crippen LogP contribution >= 0.6 is 0 Å². The van der Waals surface area contributed by atoms with Crippen molar-refractivity contribution in [3.05, 3.63) is 71.4 Å². The van der Waals surface area contributed by atoms with Gasteiger partial charge in [-0.05, 0) is 24.6 Å². The number of piperazine rings is 1. The highest BCUT2D eigenvalue weighted by molar-refractivity contribution is 5.87. The summed E-state index contributed by atoms with van der Waals surface area (Å²) in [5.41, 5.74) is 3.91. The Balaban J connectivity index is 1.68. The fraction of sp³-hybridized carbons (Fsp3) is 0.273. The number of fused-ring (bicyclic) bond motifs is 1. The Hall–Kier alpha value is -2.92. The molecule has 0 bridgehead atoms. The van der Waals surface area contributed by atoms with Crippen LogP contribution in [0.1, 0.15) is 16.8 Å². The van der Waals surface area contributed by atoms with E-state index in [1.807, 2.05) is 54.3 Å². The van der Waals surface area contributed by atoms with Gasteiger partial charge in [0, 0.05) is 24.0 Å². The van der Waals surface area contributed by atoms with Crippen molar-refractivity contribution in [1.29, 1.82) is 0 Å². The second kappa shape index (κ2) is 7.76. The Morgan fingerprint density at radius 3 is 2.70 bits per heavy atom. The van der Waals surface area contributed by atoms with Gasteiger partial charge in [0.15, 0.2) is 0 Å². The van der Waals surface area contributed by atoms with Crippen LogP contribution in [0.4, 0.5) is 0 Å². The molecule has 0 spiro atoms. The molecule has 0 aliphatic carbocycles. The smallest absolute Gasteiger partial charge is 0.236 e. The second-order valence-electron chi connectivity index (χ2n) is 6.80. The molecular weight excluding hydrogens is 338 g/mol. The summed E-state index contributed by atoms with van der Waals surface area (Å²) in [7, 11) is 0. The number of pyridine rings is 1. The van der Waals surface area contributed by atoms with E-state index in [2.05, 4.69) is 17.4 Å². The van der Waals surface area contributed by atoms with Gasteiger partial charge in [-0.3, -0.25) is 9.78 Å². The first-order valence-electron chi connectivity index (χ1n) is 9.26. The van der Waals surface area contributed by atoms with Gasteiger partial charge in [-0.2, -0.15) is 0 Å². The maximum Gasteiger partial charge on any atom is 0.236 e. The number of nitrogens with one attached hydrogen (secondary N) is 1. The average molecular weight is 361 g/mol. The third kappa shape index (κ3) is 3.78. The van der Waals surface area contributed by atoms with Crippen LogP contribution in [-0.2, 0) is 17.9 Å². The molecule has 5 heteroatoms. The lowest BCUT2D eigenvalue weighted by Crippen LogP contribution is -2.47. The fourth-order valence-electron chi connectivity index (χ4n) is 3.39. The topological polar surface area (TPSA) is 54.5 Å². The van der Waals surface area contributed by atoms with E-state index in [9.17, 15) is 4.79 Å². The summed E-state index contributed by atoms with van der Waals surface area (Å²) >= 11 is 0. The minimum atomic E-state index is 0.113. The van der Waals surface area contributed by atoms with E-state index in [4.69, 9.17) is 9.72 Å². The maximum atomic E-state index is 12.2. The molecule has 0 saturated carbocycles. The van der Waals surface area contributed by atoms with Crippen molar-refractivity contribution in [1.82, 2.24) is 15.2 Å². The predicted octanol–water partition coefficient (Wildman–Crippen LogP) is 3.05. The summed E-state index contributed by atoms with van der Waals surface area (Å²) in [6.07, 6.45) is 0. The van der Waals surface area contributed by atoms with Crippen molar-refractivity contribution in [2.24, 2.45) is 0 Å². The molecule has 4 rings (SSSR count). The Morgan fingerprint density at radius 2 is 1.89 bits per heavy atom. The van der Waals surface area contributed by atoms with Crippen LogP contribution in [-0.4, -0.2) is 35.4 Å². The van der Waals surface area contributed by atoms with E-state index >= 15 is 0 Å². The molecule has 2 aromatic carbocycles. The monoisotopic (exact) mass is 361 g/mol. The summed E-state index contributed by atoms with van der Waals surface area (Å²) in [4.78, 5) is 18.9. The zero-order valence-electron chi connectivity index (χ0n) is 15.4. The first-order chi connectivity index (χ1) is 13.2. The summed E-state index contributed by atoms with van der Waals surface area (Å²) in [6.45, 7) is 4.95. The van der Waals surface area contributed by atoms with Gasteiger partial charge in [0.05, 0.1) is 24.3 Å². The Morgan fingerprint density at radius 1 is 1.11 bits per heavy atom. The Labute approximate surface area is 159 Å². The molecule has 138 valence electrons. The third-order valence-electron chi connectivity index (χ3n) is 4.93. The van der Waals surface area contributed by atoms with Gasteiger partial charge in [-0.1, -0.05) is 42.5 Å². The van der Waals surface area contributed by atoms with Crippen LogP contribution in [0.2, 0.25) is 0 Å². The van der Waals surface area contributed by atoms with E-state index in [-0.39, 0.29) is 5.91 Å². The minimum absolute atomic E-state index is 0.113. The first-order valence-corrected chi connectivity index (χ1v) is 9.26. The van der Waals surface area contributed by atoms with Gasteiger partial charge < -0.3 is 15.0 Å². The van der Waals surface area contributed by atoms with Crippen LogP contribution in [0.15, 0.2) is 54.6 Å². The van der Waals surface area contributed by atoms with Crippen molar-refractivity contribution in [3.63, 3.8) is 0 Å². The summed E-state index contributed by atoms with van der Waals surface area (Å²) in [6, 6.07) is 18.1. The largest absolute Gasteiger partial charge is 0.488 e. The van der Waals surface area contributed by atoms with Crippen molar-refractivity contribution in [2.45, 2.75) is 20.1 Å². The zero-order valence-corrected chi connectivity index (χ0v) is 15.4. The summed E-state index contributed by atoms with van der Waals surface area (Å²) in [5, 5.41) is 4.11. The number of para-hydroxylation sites is 1. The molecule has 1 aromatic heterocycles. The number of carbonyl (C=O) groups is 1. The van der Waals surface area contributed by atoms with Crippen LogP contribution < -0.4 is 10.1 Å². The fourth-order valence-corrected chi connectivity index (χ4v) is 3.39. The van der Waals surface area contributed by atoms with Crippen molar-refractivity contribution in [3.8, 4) is 5.75 Å². The number of hydrogen-bond acceptors (Lipinski definition) is 4. The number of rotatable bonds is 5. The number of nitrogens with zero attached hydrogens (tertiary/aromatic N) is 2. The van der Waals surface area contributed by atoms with Crippen LogP contribution in [0.25, 0.3) is 10.9 Å². The number of benzene rings is 2. The van der Waals surface area contributed by atoms with Crippen LogP contribution in [0.3, 0.4) is 0 Å². The normalized spacial score (nSPS) is 14.6. The molecule has 1 amide bonds. The van der Waals surface area contributed by atoms with E-state index in [0.717, 1.165) is 40.0 Å². The average Bonchev–Trinajstić information content (AvgIpc) is 2.70. The maximum absolute atomic E-state index is 12.2. The van der Waals surface area contributed by atoms with E-state index in [1.165, 1.54) is 0 Å². The van der Waals surface area contributed by atoms with Gasteiger partial charge in [-0.15, -0.1) is 0 Å². The summed E-state index contributed by atoms with van der Waals surface area (Å²) < 4.78 is 6.24. The molecule has 5 nitrogen and oxygen atoms in total. The molecule has 0 atom stereocenters. The number of aromatic nitrogens is 1.